The van der Waals surface area contributed by atoms with Gasteiger partial charge in [-0.1, -0.05) is 37.3 Å². The summed E-state index contributed by atoms with van der Waals surface area (Å²) < 4.78 is 0. The summed E-state index contributed by atoms with van der Waals surface area (Å²) in [4.78, 5) is 25.8. The van der Waals surface area contributed by atoms with Gasteiger partial charge in [0.05, 0.1) is 11.8 Å². The average molecular weight is 289 g/mol. The minimum absolute atomic E-state index is 0.0575. The van der Waals surface area contributed by atoms with E-state index in [0.29, 0.717) is 13.0 Å². The number of benzene rings is 1. The maximum Gasteiger partial charge on any atom is 0.308 e. The van der Waals surface area contributed by atoms with Crippen molar-refractivity contribution in [1.82, 2.24) is 4.90 Å². The number of carboxylic acids is 1. The third-order valence-corrected chi connectivity index (χ3v) is 4.42. The molecule has 0 aromatic heterocycles. The van der Waals surface area contributed by atoms with Crippen molar-refractivity contribution in [1.29, 1.82) is 0 Å². The normalized spacial score (nSPS) is 23.6. The molecule has 0 aliphatic carbocycles. The Hall–Kier alpha value is -1.84. The van der Waals surface area contributed by atoms with Gasteiger partial charge in [-0.3, -0.25) is 9.59 Å². The Bertz CT molecular complexity index is 500. The molecule has 1 fully saturated rings. The lowest BCUT2D eigenvalue weighted by Gasteiger charge is -2.38. The van der Waals surface area contributed by atoms with Crippen LogP contribution in [0.4, 0.5) is 0 Å². The summed E-state index contributed by atoms with van der Waals surface area (Å²) in [6.45, 7) is 4.34. The first-order chi connectivity index (χ1) is 10.0. The Morgan fingerprint density at radius 3 is 2.52 bits per heavy atom. The molecule has 1 heterocycles. The number of nitrogens with zero attached hydrogens (tertiary/aromatic N) is 1. The summed E-state index contributed by atoms with van der Waals surface area (Å²) in [5, 5.41) is 9.20. The fraction of sp³-hybridized carbons (Fsp3) is 0.529. The number of carbonyl (C=O) groups is 2. The van der Waals surface area contributed by atoms with E-state index in [1.165, 1.54) is 0 Å². The van der Waals surface area contributed by atoms with Crippen LogP contribution in [0.5, 0.6) is 0 Å². The van der Waals surface area contributed by atoms with Crippen LogP contribution in [0.25, 0.3) is 0 Å². The van der Waals surface area contributed by atoms with Gasteiger partial charge in [-0.15, -0.1) is 0 Å². The van der Waals surface area contributed by atoms with Crippen molar-refractivity contribution in [3.8, 4) is 0 Å². The van der Waals surface area contributed by atoms with Gasteiger partial charge < -0.3 is 10.0 Å². The van der Waals surface area contributed by atoms with Gasteiger partial charge in [0.25, 0.3) is 0 Å². The molecule has 4 heteroatoms. The fourth-order valence-electron chi connectivity index (χ4n) is 3.05. The Labute approximate surface area is 125 Å². The van der Waals surface area contributed by atoms with Gasteiger partial charge in [-0.05, 0) is 31.7 Å². The Balaban J connectivity index is 2.18. The average Bonchev–Trinajstić information content (AvgIpc) is 2.49. The molecule has 0 spiro atoms. The number of rotatable bonds is 4. The number of piperidine rings is 1. The van der Waals surface area contributed by atoms with Crippen molar-refractivity contribution < 1.29 is 14.7 Å². The molecule has 21 heavy (non-hydrogen) atoms. The molecule has 1 amide bonds. The second-order valence-corrected chi connectivity index (χ2v) is 5.82. The summed E-state index contributed by atoms with van der Waals surface area (Å²) in [5.41, 5.74) is 1.01. The van der Waals surface area contributed by atoms with E-state index >= 15 is 0 Å². The van der Waals surface area contributed by atoms with Gasteiger partial charge in [0.15, 0.2) is 0 Å². The second-order valence-electron chi connectivity index (χ2n) is 5.82. The number of likely N-dealkylation sites (tertiary alicyclic amines) is 1. The summed E-state index contributed by atoms with van der Waals surface area (Å²) in [6, 6.07) is 9.86. The van der Waals surface area contributed by atoms with E-state index < -0.39 is 11.9 Å². The number of aliphatic carboxylic acids is 1. The standard InChI is InChI=1S/C17H23NO3/c1-3-15(13-7-5-4-6-8-13)16(19)18-11-14(17(20)21)10-9-12(18)2/h4-8,12,14-15H,3,9-11H2,1-2H3,(H,20,21). The number of carbonyl (C=O) groups excluding carboxylic acids is 1. The highest BCUT2D eigenvalue weighted by molar-refractivity contribution is 5.84. The molecule has 0 saturated carbocycles. The minimum Gasteiger partial charge on any atom is -0.481 e. The van der Waals surface area contributed by atoms with Crippen molar-refractivity contribution in [3.63, 3.8) is 0 Å². The van der Waals surface area contributed by atoms with Crippen molar-refractivity contribution in [2.75, 3.05) is 6.54 Å². The predicted molar refractivity (Wildman–Crippen MR) is 81.0 cm³/mol. The lowest BCUT2D eigenvalue weighted by Crippen LogP contribution is -2.49. The first-order valence-electron chi connectivity index (χ1n) is 7.62. The zero-order chi connectivity index (χ0) is 15.4. The van der Waals surface area contributed by atoms with Crippen LogP contribution in [-0.2, 0) is 9.59 Å². The largest absolute Gasteiger partial charge is 0.481 e. The van der Waals surface area contributed by atoms with Crippen LogP contribution in [0.15, 0.2) is 30.3 Å². The molecule has 1 aromatic rings. The van der Waals surface area contributed by atoms with E-state index in [1.807, 2.05) is 44.2 Å². The summed E-state index contributed by atoms with van der Waals surface area (Å²) >= 11 is 0. The molecule has 4 nitrogen and oxygen atoms in total. The molecular weight excluding hydrogens is 266 g/mol. The minimum atomic E-state index is -0.799. The first kappa shape index (κ1) is 15.5. The molecule has 114 valence electrons. The Morgan fingerprint density at radius 1 is 1.29 bits per heavy atom. The van der Waals surface area contributed by atoms with Crippen LogP contribution in [0.2, 0.25) is 0 Å². The smallest absolute Gasteiger partial charge is 0.308 e. The summed E-state index contributed by atoms with van der Waals surface area (Å²) in [7, 11) is 0. The molecule has 3 unspecified atom stereocenters. The summed E-state index contributed by atoms with van der Waals surface area (Å²) in [6.07, 6.45) is 2.14. The Morgan fingerprint density at radius 2 is 1.95 bits per heavy atom. The molecule has 1 N–H and O–H groups in total. The third-order valence-electron chi connectivity index (χ3n) is 4.42. The van der Waals surface area contributed by atoms with E-state index in [2.05, 4.69) is 0 Å². The molecule has 3 atom stereocenters. The molecule has 0 radical (unpaired) electrons. The van der Waals surface area contributed by atoms with Crippen LogP contribution in [0.3, 0.4) is 0 Å². The number of hydrogen-bond acceptors (Lipinski definition) is 2. The monoisotopic (exact) mass is 289 g/mol. The van der Waals surface area contributed by atoms with Crippen molar-refractivity contribution in [2.24, 2.45) is 5.92 Å². The highest BCUT2D eigenvalue weighted by Gasteiger charge is 2.35. The van der Waals surface area contributed by atoms with Gasteiger partial charge in [-0.2, -0.15) is 0 Å². The van der Waals surface area contributed by atoms with Crippen LogP contribution in [0, 0.1) is 5.92 Å². The highest BCUT2D eigenvalue weighted by atomic mass is 16.4. The molecule has 2 rings (SSSR count). The number of amides is 1. The van der Waals surface area contributed by atoms with Crippen molar-refractivity contribution >= 4 is 11.9 Å². The van der Waals surface area contributed by atoms with E-state index in [4.69, 9.17) is 0 Å². The molecule has 0 bridgehead atoms. The van der Waals surface area contributed by atoms with Gasteiger partial charge in [0.2, 0.25) is 5.91 Å². The van der Waals surface area contributed by atoms with Gasteiger partial charge in [0, 0.05) is 12.6 Å². The van der Waals surface area contributed by atoms with Crippen molar-refractivity contribution in [2.45, 2.75) is 45.1 Å². The maximum absolute atomic E-state index is 12.8. The van der Waals surface area contributed by atoms with Crippen LogP contribution < -0.4 is 0 Å². The second kappa shape index (κ2) is 6.74. The fourth-order valence-corrected chi connectivity index (χ4v) is 3.05. The van der Waals surface area contributed by atoms with Gasteiger partial charge in [-0.25, -0.2) is 0 Å². The first-order valence-corrected chi connectivity index (χ1v) is 7.62. The topological polar surface area (TPSA) is 57.6 Å². The van der Waals surface area contributed by atoms with E-state index in [9.17, 15) is 14.7 Å². The highest BCUT2D eigenvalue weighted by Crippen LogP contribution is 2.28. The molecule has 1 aromatic carbocycles. The molecule has 1 aliphatic rings. The van der Waals surface area contributed by atoms with E-state index in [0.717, 1.165) is 18.4 Å². The quantitative estimate of drug-likeness (QED) is 0.927. The zero-order valence-electron chi connectivity index (χ0n) is 12.7. The van der Waals surface area contributed by atoms with Crippen LogP contribution >= 0.6 is 0 Å². The van der Waals surface area contributed by atoms with Crippen LogP contribution in [-0.4, -0.2) is 34.5 Å². The lowest BCUT2D eigenvalue weighted by atomic mass is 9.89. The van der Waals surface area contributed by atoms with Crippen molar-refractivity contribution in [3.05, 3.63) is 35.9 Å². The molecule has 1 saturated heterocycles. The van der Waals surface area contributed by atoms with Crippen LogP contribution in [0.1, 0.15) is 44.6 Å². The predicted octanol–water partition coefficient (Wildman–Crippen LogP) is 2.89. The number of hydrogen-bond donors (Lipinski definition) is 1. The maximum atomic E-state index is 12.8. The van der Waals surface area contributed by atoms with Gasteiger partial charge >= 0.3 is 5.97 Å². The molecular formula is C17H23NO3. The summed E-state index contributed by atoms with van der Waals surface area (Å²) in [5.74, 6) is -1.35. The Kier molecular flexibility index (Phi) is 4.99. The van der Waals surface area contributed by atoms with E-state index in [-0.39, 0.29) is 17.9 Å². The van der Waals surface area contributed by atoms with Gasteiger partial charge in [0.1, 0.15) is 0 Å². The lowest BCUT2D eigenvalue weighted by molar-refractivity contribution is -0.147. The molecule has 1 aliphatic heterocycles. The third kappa shape index (κ3) is 3.43. The zero-order valence-corrected chi connectivity index (χ0v) is 12.7. The number of carboxylic acid groups (broad SMARTS) is 1. The SMILES string of the molecule is CCC(C(=O)N1CC(C(=O)O)CCC1C)c1ccccc1. The van der Waals surface area contributed by atoms with E-state index in [1.54, 1.807) is 4.90 Å².